The summed E-state index contributed by atoms with van der Waals surface area (Å²) in [4.78, 5) is 14.6. The van der Waals surface area contributed by atoms with Gasteiger partial charge in [0.1, 0.15) is 0 Å². The molecule has 544 valence electrons. The summed E-state index contributed by atoms with van der Waals surface area (Å²) in [7, 11) is 0. The molecule has 24 aromatic rings. The molecular weight excluding hydrogens is 1430 g/mol. The number of pyridine rings is 3. The largest absolute Gasteiger partial charge is 0.309 e. The lowest BCUT2D eigenvalue weighted by Crippen LogP contribution is -1.94. The van der Waals surface area contributed by atoms with E-state index in [2.05, 4.69) is 354 Å². The van der Waals surface area contributed by atoms with Crippen molar-refractivity contribution in [3.63, 3.8) is 0 Å². The highest BCUT2D eigenvalue weighted by molar-refractivity contribution is 6.29. The van der Waals surface area contributed by atoms with Gasteiger partial charge in [-0.1, -0.05) is 249 Å². The Labute approximate surface area is 678 Å². The number of rotatable bonds is 10. The van der Waals surface area contributed by atoms with Crippen LogP contribution >= 0.6 is 0 Å². The lowest BCUT2D eigenvalue weighted by atomic mass is 9.88. The molecule has 7 nitrogen and oxygen atoms in total. The van der Waals surface area contributed by atoms with Gasteiger partial charge in [-0.3, -0.25) is 4.98 Å². The van der Waals surface area contributed by atoms with E-state index >= 15 is 0 Å². The molecule has 118 heavy (non-hydrogen) atoms. The van der Waals surface area contributed by atoms with E-state index in [0.717, 1.165) is 111 Å². The van der Waals surface area contributed by atoms with Gasteiger partial charge in [-0.15, -0.1) is 0 Å². The molecule has 0 aliphatic carbocycles. The monoisotopic (exact) mass is 1500 g/mol. The third-order valence-corrected chi connectivity index (χ3v) is 24.1. The van der Waals surface area contributed by atoms with Gasteiger partial charge in [0.05, 0.1) is 68.1 Å². The SMILES string of the molecule is N#Cc1cc2ccc3cc(-c4ccc(-c5cc6c7ccccc7c(-c7cccc(-c8ccccc8)n7)cc6c6ccccc56)cc4)cc4c3c2c(c1)n4-c1ccccc1.N#Cc1cc2ccc3cc(-c4ccc(-c5cc6c7ccccc7c(-c7cccc(-c8ccncc8)n7)cc6c6ccccc56)cc4)cc4c3c2c(c1)n4-c1ccccc1. The molecule has 0 saturated heterocycles. The Morgan fingerprint density at radius 3 is 0.890 bits per heavy atom. The van der Waals surface area contributed by atoms with Crippen LogP contribution in [0.15, 0.2) is 395 Å². The predicted molar refractivity (Wildman–Crippen MR) is 490 cm³/mol. The molecule has 7 heteroatoms. The lowest BCUT2D eigenvalue weighted by molar-refractivity contribution is 1.18. The van der Waals surface area contributed by atoms with Crippen molar-refractivity contribution in [1.82, 2.24) is 24.1 Å². The Bertz CT molecular complexity index is 7790. The van der Waals surface area contributed by atoms with Crippen molar-refractivity contribution in [2.24, 2.45) is 0 Å². The molecule has 0 spiro atoms. The number of nitriles is 2. The van der Waals surface area contributed by atoms with Gasteiger partial charge in [0.25, 0.3) is 0 Å². The molecule has 0 N–H and O–H groups in total. The Hall–Kier alpha value is -16.2. The second-order valence-corrected chi connectivity index (χ2v) is 30.7. The molecule has 24 rings (SSSR count). The first-order valence-electron chi connectivity index (χ1n) is 39.9. The molecule has 0 bridgehead atoms. The summed E-state index contributed by atoms with van der Waals surface area (Å²) in [6.07, 6.45) is 3.63. The fourth-order valence-corrected chi connectivity index (χ4v) is 18.8. The quantitative estimate of drug-likeness (QED) is 0.127. The van der Waals surface area contributed by atoms with E-state index in [9.17, 15) is 10.5 Å². The smallest absolute Gasteiger partial charge is 0.0992 e. The molecule has 0 atom stereocenters. The number of nitrogens with zero attached hydrogens (tertiary/aromatic N) is 7. The van der Waals surface area contributed by atoms with E-state index in [1.165, 1.54) is 119 Å². The van der Waals surface area contributed by atoms with Gasteiger partial charge in [-0.2, -0.15) is 10.5 Å². The van der Waals surface area contributed by atoms with Crippen molar-refractivity contribution in [1.29, 1.82) is 10.5 Å². The van der Waals surface area contributed by atoms with Gasteiger partial charge >= 0.3 is 0 Å². The normalized spacial score (nSPS) is 11.7. The zero-order chi connectivity index (χ0) is 78.1. The number of aromatic nitrogens is 5. The van der Waals surface area contributed by atoms with Crippen molar-refractivity contribution in [3.8, 4) is 113 Å². The molecule has 0 unspecified atom stereocenters. The van der Waals surface area contributed by atoms with Crippen LogP contribution in [-0.4, -0.2) is 24.1 Å². The lowest BCUT2D eigenvalue weighted by Gasteiger charge is -2.16. The average Bonchev–Trinajstić information content (AvgIpc) is 1.50. The predicted octanol–water partition coefficient (Wildman–Crippen LogP) is 28.9. The standard InChI is InChI=1S/C56H33N3.C55H32N4/c57-34-35-28-39-26-27-40-30-41(31-54-56(40)55(39)53(29-35)59(54)42-14-5-2-6-15-42)36-22-24-37(25-23-36)47-32-48-45-18-9-10-19-46(45)50(33-49(48)44-17-8-7-16-43(44)47)52-21-11-20-51(58-52)38-12-3-1-4-13-38;56-33-34-27-38-21-22-39-29-40(30-53-55(39)54(38)52(28-34)59(53)41-9-2-1-3-10-41)35-17-19-36(20-18-35)46-31-47-44-13-6-7-14-45(44)49(32-48(47)43-12-5-4-11-42(43)46)51-16-8-15-50(58-51)37-23-25-57-26-24-37/h1-33H;1-32H. The molecular formula is C111H65N7. The Morgan fingerprint density at radius 2 is 0.508 bits per heavy atom. The van der Waals surface area contributed by atoms with E-state index in [-0.39, 0.29) is 0 Å². The van der Waals surface area contributed by atoms with Crippen LogP contribution in [0.2, 0.25) is 0 Å². The van der Waals surface area contributed by atoms with Crippen molar-refractivity contribution in [2.45, 2.75) is 0 Å². The number of fused-ring (bicyclic) bond motifs is 10. The van der Waals surface area contributed by atoms with Gasteiger partial charge in [-0.05, 0) is 264 Å². The maximum absolute atomic E-state index is 9.93. The minimum atomic E-state index is 0.662. The molecule has 0 amide bonds. The van der Waals surface area contributed by atoms with Crippen LogP contribution in [0.25, 0.3) is 231 Å². The highest BCUT2D eigenvalue weighted by atomic mass is 15.0. The van der Waals surface area contributed by atoms with E-state index in [1.807, 2.05) is 67.0 Å². The topological polar surface area (TPSA) is 96.1 Å². The highest BCUT2D eigenvalue weighted by Gasteiger charge is 2.24. The molecule has 5 heterocycles. The van der Waals surface area contributed by atoms with Crippen LogP contribution in [0.4, 0.5) is 0 Å². The van der Waals surface area contributed by atoms with E-state index in [4.69, 9.17) is 9.97 Å². The minimum absolute atomic E-state index is 0.662. The molecule has 0 radical (unpaired) electrons. The Kier molecular flexibility index (Phi) is 15.6. The van der Waals surface area contributed by atoms with Crippen LogP contribution in [0.3, 0.4) is 0 Å². The maximum Gasteiger partial charge on any atom is 0.0992 e. The fourth-order valence-electron chi connectivity index (χ4n) is 18.8. The van der Waals surface area contributed by atoms with E-state index in [0.29, 0.717) is 11.1 Å². The molecule has 0 aliphatic heterocycles. The Balaban J connectivity index is 0.000000138. The van der Waals surface area contributed by atoms with Gasteiger partial charge in [0.15, 0.2) is 0 Å². The Morgan fingerprint density at radius 1 is 0.203 bits per heavy atom. The third-order valence-electron chi connectivity index (χ3n) is 24.1. The van der Waals surface area contributed by atoms with Crippen molar-refractivity contribution in [2.75, 3.05) is 0 Å². The second kappa shape index (κ2) is 27.3. The average molecular weight is 1500 g/mol. The zero-order valence-electron chi connectivity index (χ0n) is 63.7. The first kappa shape index (κ1) is 67.5. The summed E-state index contributed by atoms with van der Waals surface area (Å²) >= 11 is 0. The summed E-state index contributed by atoms with van der Waals surface area (Å²) < 4.78 is 4.63. The molecule has 0 aliphatic rings. The molecule has 0 saturated carbocycles. The van der Waals surface area contributed by atoms with Gasteiger partial charge in [0, 0.05) is 67.6 Å². The van der Waals surface area contributed by atoms with Crippen molar-refractivity contribution in [3.05, 3.63) is 406 Å². The number of benzene rings is 19. The van der Waals surface area contributed by atoms with Gasteiger partial charge in [0.2, 0.25) is 0 Å². The van der Waals surface area contributed by atoms with Crippen LogP contribution in [0.5, 0.6) is 0 Å². The van der Waals surface area contributed by atoms with Crippen LogP contribution < -0.4 is 0 Å². The van der Waals surface area contributed by atoms with E-state index in [1.54, 1.807) is 0 Å². The van der Waals surface area contributed by atoms with Gasteiger partial charge < -0.3 is 9.13 Å². The van der Waals surface area contributed by atoms with Crippen molar-refractivity contribution < 1.29 is 0 Å². The zero-order valence-corrected chi connectivity index (χ0v) is 63.7. The fraction of sp³-hybridized carbons (Fsp3) is 0. The second-order valence-electron chi connectivity index (χ2n) is 30.7. The summed E-state index contributed by atoms with van der Waals surface area (Å²) in [5.74, 6) is 0. The number of hydrogen-bond acceptors (Lipinski definition) is 5. The number of para-hydroxylation sites is 2. The molecule has 19 aromatic carbocycles. The van der Waals surface area contributed by atoms with Crippen molar-refractivity contribution >= 4 is 130 Å². The van der Waals surface area contributed by atoms with Crippen LogP contribution in [-0.2, 0) is 0 Å². The summed E-state index contributed by atoms with van der Waals surface area (Å²) in [5.41, 5.74) is 25.4. The van der Waals surface area contributed by atoms with Gasteiger partial charge in [-0.25, -0.2) is 9.97 Å². The highest BCUT2D eigenvalue weighted by Crippen LogP contribution is 2.49. The maximum atomic E-state index is 9.93. The summed E-state index contributed by atoms with van der Waals surface area (Å²) in [6.45, 7) is 0. The number of hydrogen-bond donors (Lipinski definition) is 0. The minimum Gasteiger partial charge on any atom is -0.309 e. The van der Waals surface area contributed by atoms with Crippen LogP contribution in [0, 0.1) is 22.7 Å². The third kappa shape index (κ3) is 11.0. The van der Waals surface area contributed by atoms with Crippen LogP contribution in [0.1, 0.15) is 11.1 Å². The first-order chi connectivity index (χ1) is 58.4. The summed E-state index contributed by atoms with van der Waals surface area (Å²) in [5, 5.41) is 43.8. The molecule has 0 fully saturated rings. The summed E-state index contributed by atoms with van der Waals surface area (Å²) in [6, 6.07) is 141. The molecule has 5 aromatic heterocycles. The first-order valence-corrected chi connectivity index (χ1v) is 39.9. The van der Waals surface area contributed by atoms with E-state index < -0.39 is 0 Å².